The number of rotatable bonds is 6. The van der Waals surface area contributed by atoms with Crippen LogP contribution in [0, 0.1) is 11.8 Å². The molecule has 8 heteroatoms. The third kappa shape index (κ3) is 4.91. The second kappa shape index (κ2) is 7.48. The summed E-state index contributed by atoms with van der Waals surface area (Å²) in [5, 5.41) is 0. The fraction of sp³-hybridized carbons (Fsp3) is 0.625. The van der Waals surface area contributed by atoms with Gasteiger partial charge in [0.15, 0.2) is 0 Å². The Bertz CT molecular complexity index is 742. The van der Waals surface area contributed by atoms with Crippen LogP contribution in [0.25, 0.3) is 0 Å². The van der Waals surface area contributed by atoms with Crippen LogP contribution in [0.15, 0.2) is 29.2 Å². The molecule has 0 spiro atoms. The highest BCUT2D eigenvalue weighted by Gasteiger charge is 2.37. The number of sulfonamides is 1. The molecule has 1 N–H and O–H groups in total. The summed E-state index contributed by atoms with van der Waals surface area (Å²) in [6, 6.07) is 4.61. The number of amides is 1. The molecule has 0 aliphatic carbocycles. The Morgan fingerprint density at radius 1 is 1.33 bits per heavy atom. The molecule has 2 heterocycles. The molecular weight excluding hydrogens is 330 g/mol. The van der Waals surface area contributed by atoms with E-state index in [0.717, 1.165) is 6.26 Å². The molecule has 1 aromatic heterocycles. The summed E-state index contributed by atoms with van der Waals surface area (Å²) in [6.45, 7) is 5.29. The molecule has 0 bridgehead atoms. The summed E-state index contributed by atoms with van der Waals surface area (Å²) < 4.78 is 27.2. The maximum Gasteiger partial charge on any atom is 0.250 e. The van der Waals surface area contributed by atoms with Crippen molar-refractivity contribution in [2.75, 3.05) is 19.3 Å². The average molecular weight is 355 g/mol. The lowest BCUT2D eigenvalue weighted by Gasteiger charge is -2.21. The van der Waals surface area contributed by atoms with Crippen molar-refractivity contribution in [1.82, 2.24) is 14.2 Å². The Balaban J connectivity index is 2.00. The van der Waals surface area contributed by atoms with Crippen molar-refractivity contribution in [2.24, 2.45) is 11.8 Å². The molecule has 7 nitrogen and oxygen atoms in total. The molecule has 24 heavy (non-hydrogen) atoms. The Morgan fingerprint density at radius 2 is 2.04 bits per heavy atom. The van der Waals surface area contributed by atoms with Crippen LogP contribution in [-0.4, -0.2) is 49.2 Å². The number of aryl methyl sites for hydroxylation is 1. The first kappa shape index (κ1) is 18.7. The molecule has 0 unspecified atom stereocenters. The fourth-order valence-corrected chi connectivity index (χ4v) is 3.93. The number of pyridine rings is 1. The second-order valence-electron chi connectivity index (χ2n) is 6.69. The lowest BCUT2D eigenvalue weighted by molar-refractivity contribution is -0.130. The molecule has 1 aromatic rings. The second-order valence-corrected chi connectivity index (χ2v) is 8.47. The van der Waals surface area contributed by atoms with Crippen LogP contribution in [0.5, 0.6) is 0 Å². The number of nitrogens with one attached hydrogen (secondary N) is 1. The van der Waals surface area contributed by atoms with Gasteiger partial charge in [0.1, 0.15) is 0 Å². The minimum atomic E-state index is -3.32. The number of carbonyl (C=O) groups is 1. The van der Waals surface area contributed by atoms with E-state index in [1.807, 2.05) is 13.8 Å². The van der Waals surface area contributed by atoms with Gasteiger partial charge in [0.2, 0.25) is 15.9 Å². The van der Waals surface area contributed by atoms with E-state index in [1.54, 1.807) is 23.2 Å². The third-order valence-electron chi connectivity index (χ3n) is 4.41. The summed E-state index contributed by atoms with van der Waals surface area (Å²) >= 11 is 0. The highest BCUT2D eigenvalue weighted by atomic mass is 32.2. The van der Waals surface area contributed by atoms with E-state index in [4.69, 9.17) is 0 Å². The predicted molar refractivity (Wildman–Crippen MR) is 92.0 cm³/mol. The molecule has 1 amide bonds. The SMILES string of the molecule is CC(C)[C@@H]1CN(C(=O)CCn2ccccc2=O)C[C@H]1NS(C)(=O)=O. The molecule has 1 saturated heterocycles. The first-order valence-corrected chi connectivity index (χ1v) is 9.97. The molecule has 2 atom stereocenters. The van der Waals surface area contributed by atoms with Crippen LogP contribution in [-0.2, 0) is 21.4 Å². The van der Waals surface area contributed by atoms with Gasteiger partial charge in [0, 0.05) is 44.4 Å². The Hall–Kier alpha value is -1.67. The zero-order chi connectivity index (χ0) is 17.9. The van der Waals surface area contributed by atoms with Crippen molar-refractivity contribution >= 4 is 15.9 Å². The summed E-state index contributed by atoms with van der Waals surface area (Å²) in [6.07, 6.45) is 3.02. The lowest BCUT2D eigenvalue weighted by atomic mass is 9.92. The zero-order valence-corrected chi connectivity index (χ0v) is 15.1. The molecule has 0 radical (unpaired) electrons. The van der Waals surface area contributed by atoms with Crippen LogP contribution in [0.4, 0.5) is 0 Å². The van der Waals surface area contributed by atoms with Crippen molar-refractivity contribution in [3.63, 3.8) is 0 Å². The topological polar surface area (TPSA) is 88.5 Å². The zero-order valence-electron chi connectivity index (χ0n) is 14.3. The molecule has 1 aliphatic rings. The largest absolute Gasteiger partial charge is 0.341 e. The first-order chi connectivity index (χ1) is 11.2. The van der Waals surface area contributed by atoms with Gasteiger partial charge in [-0.2, -0.15) is 0 Å². The third-order valence-corrected chi connectivity index (χ3v) is 5.14. The van der Waals surface area contributed by atoms with Crippen LogP contribution in [0.2, 0.25) is 0 Å². The van der Waals surface area contributed by atoms with Crippen LogP contribution >= 0.6 is 0 Å². The monoisotopic (exact) mass is 355 g/mol. The van der Waals surface area contributed by atoms with Gasteiger partial charge in [-0.1, -0.05) is 19.9 Å². The van der Waals surface area contributed by atoms with Crippen LogP contribution in [0.1, 0.15) is 20.3 Å². The normalized spacial score (nSPS) is 21.4. The molecule has 134 valence electrons. The molecule has 0 saturated carbocycles. The molecule has 2 rings (SSSR count). The molecule has 1 aliphatic heterocycles. The van der Waals surface area contributed by atoms with Gasteiger partial charge in [0.05, 0.1) is 6.26 Å². The number of likely N-dealkylation sites (tertiary alicyclic amines) is 1. The van der Waals surface area contributed by atoms with Crippen molar-refractivity contribution < 1.29 is 13.2 Å². The van der Waals surface area contributed by atoms with E-state index in [9.17, 15) is 18.0 Å². The van der Waals surface area contributed by atoms with Crippen molar-refractivity contribution in [1.29, 1.82) is 0 Å². The van der Waals surface area contributed by atoms with Crippen LogP contribution in [0.3, 0.4) is 0 Å². The summed E-state index contributed by atoms with van der Waals surface area (Å²) in [5.41, 5.74) is -0.136. The van der Waals surface area contributed by atoms with Crippen LogP contribution < -0.4 is 10.3 Å². The minimum Gasteiger partial charge on any atom is -0.341 e. The van der Waals surface area contributed by atoms with Gasteiger partial charge in [0.25, 0.3) is 5.56 Å². The van der Waals surface area contributed by atoms with Gasteiger partial charge < -0.3 is 9.47 Å². The molecule has 0 aromatic carbocycles. The van der Waals surface area contributed by atoms with Crippen molar-refractivity contribution in [3.05, 3.63) is 34.7 Å². The van der Waals surface area contributed by atoms with E-state index >= 15 is 0 Å². The van der Waals surface area contributed by atoms with Gasteiger partial charge in [-0.25, -0.2) is 13.1 Å². The van der Waals surface area contributed by atoms with E-state index < -0.39 is 10.0 Å². The number of carbonyl (C=O) groups excluding carboxylic acids is 1. The molecular formula is C16H25N3O4S. The quantitative estimate of drug-likeness (QED) is 0.793. The van der Waals surface area contributed by atoms with Gasteiger partial charge >= 0.3 is 0 Å². The van der Waals surface area contributed by atoms with Gasteiger partial charge in [-0.05, 0) is 17.9 Å². The van der Waals surface area contributed by atoms with E-state index in [1.165, 1.54) is 10.6 Å². The number of hydrogen-bond acceptors (Lipinski definition) is 4. The van der Waals surface area contributed by atoms with Crippen molar-refractivity contribution in [2.45, 2.75) is 32.9 Å². The van der Waals surface area contributed by atoms with E-state index in [2.05, 4.69) is 4.72 Å². The highest BCUT2D eigenvalue weighted by Crippen LogP contribution is 2.25. The fourth-order valence-electron chi connectivity index (χ4n) is 3.13. The molecule has 1 fully saturated rings. The van der Waals surface area contributed by atoms with E-state index in [-0.39, 0.29) is 35.8 Å². The Kier molecular flexibility index (Phi) is 5.82. The number of aromatic nitrogens is 1. The maximum absolute atomic E-state index is 12.4. The highest BCUT2D eigenvalue weighted by molar-refractivity contribution is 7.88. The lowest BCUT2D eigenvalue weighted by Crippen LogP contribution is -2.41. The van der Waals surface area contributed by atoms with Gasteiger partial charge in [-0.15, -0.1) is 0 Å². The average Bonchev–Trinajstić information content (AvgIpc) is 2.88. The summed E-state index contributed by atoms with van der Waals surface area (Å²) in [7, 11) is -3.32. The van der Waals surface area contributed by atoms with E-state index in [0.29, 0.717) is 19.6 Å². The number of nitrogens with zero attached hydrogens (tertiary/aromatic N) is 2. The summed E-state index contributed by atoms with van der Waals surface area (Å²) in [5.74, 6) is 0.288. The summed E-state index contributed by atoms with van der Waals surface area (Å²) in [4.78, 5) is 25.8. The number of hydrogen-bond donors (Lipinski definition) is 1. The minimum absolute atomic E-state index is 0.0609. The Morgan fingerprint density at radius 3 is 2.62 bits per heavy atom. The van der Waals surface area contributed by atoms with Gasteiger partial charge in [-0.3, -0.25) is 9.59 Å². The maximum atomic E-state index is 12.4. The smallest absolute Gasteiger partial charge is 0.250 e. The van der Waals surface area contributed by atoms with Crippen molar-refractivity contribution in [3.8, 4) is 0 Å². The first-order valence-electron chi connectivity index (χ1n) is 8.08. The predicted octanol–water partition coefficient (Wildman–Crippen LogP) is 0.271. The Labute approximate surface area is 142 Å². The standard InChI is InChI=1S/C16H25N3O4S/c1-12(2)13-10-19(11-14(13)17-24(3,22)23)16(21)7-9-18-8-5-4-6-15(18)20/h4-6,8,12-14,17H,7,9-11H2,1-3H3/t13-,14+/m0/s1.